The van der Waals surface area contributed by atoms with Crippen molar-refractivity contribution in [2.24, 2.45) is 17.8 Å². The van der Waals surface area contributed by atoms with Gasteiger partial charge in [-0.05, 0) is 44.7 Å². The first-order chi connectivity index (χ1) is 7.54. The van der Waals surface area contributed by atoms with E-state index in [1.807, 2.05) is 0 Å². The molecular weight excluding hydrogens is 198 g/mol. The van der Waals surface area contributed by atoms with Gasteiger partial charge in [0.2, 0.25) is 0 Å². The van der Waals surface area contributed by atoms with Crippen molar-refractivity contribution in [3.05, 3.63) is 0 Å². The molecule has 0 radical (unpaired) electrons. The summed E-state index contributed by atoms with van der Waals surface area (Å²) in [6.45, 7) is 9.03. The molecule has 1 saturated carbocycles. The van der Waals surface area contributed by atoms with Crippen LogP contribution in [0.5, 0.6) is 0 Å². The number of nitrogens with zero attached hydrogens (tertiary/aromatic N) is 1. The summed E-state index contributed by atoms with van der Waals surface area (Å²) in [7, 11) is 2.19. The number of aliphatic hydroxyl groups excluding tert-OH is 1. The Morgan fingerprint density at radius 3 is 2.50 bits per heavy atom. The molecule has 4 atom stereocenters. The molecule has 0 heterocycles. The predicted octanol–water partition coefficient (Wildman–Crippen LogP) is 2.76. The smallest absolute Gasteiger partial charge is 0.0585 e. The average molecular weight is 227 g/mol. The largest absolute Gasteiger partial charge is 0.393 e. The zero-order valence-corrected chi connectivity index (χ0v) is 11.4. The predicted molar refractivity (Wildman–Crippen MR) is 69.5 cm³/mol. The van der Waals surface area contributed by atoms with Gasteiger partial charge in [-0.25, -0.2) is 0 Å². The second kappa shape index (κ2) is 6.61. The summed E-state index contributed by atoms with van der Waals surface area (Å²) in [6, 6.07) is 0. The number of hydrogen-bond donors (Lipinski definition) is 1. The monoisotopic (exact) mass is 227 g/mol. The van der Waals surface area contributed by atoms with Gasteiger partial charge in [0.05, 0.1) is 6.10 Å². The molecule has 0 aromatic heterocycles. The van der Waals surface area contributed by atoms with Crippen LogP contribution in [0.4, 0.5) is 0 Å². The summed E-state index contributed by atoms with van der Waals surface area (Å²) in [5, 5.41) is 10.2. The maximum absolute atomic E-state index is 10.2. The molecule has 0 aliphatic heterocycles. The fourth-order valence-electron chi connectivity index (χ4n) is 3.05. The van der Waals surface area contributed by atoms with Crippen molar-refractivity contribution in [1.29, 1.82) is 0 Å². The van der Waals surface area contributed by atoms with E-state index in [1.54, 1.807) is 0 Å². The molecule has 2 heteroatoms. The van der Waals surface area contributed by atoms with Crippen LogP contribution < -0.4 is 0 Å². The van der Waals surface area contributed by atoms with E-state index in [0.717, 1.165) is 13.0 Å². The van der Waals surface area contributed by atoms with Gasteiger partial charge >= 0.3 is 0 Å². The quantitative estimate of drug-likeness (QED) is 0.780. The van der Waals surface area contributed by atoms with Gasteiger partial charge in [-0.2, -0.15) is 0 Å². The van der Waals surface area contributed by atoms with Crippen LogP contribution in [0.15, 0.2) is 0 Å². The molecule has 0 aromatic carbocycles. The van der Waals surface area contributed by atoms with Crippen LogP contribution in [-0.4, -0.2) is 36.2 Å². The van der Waals surface area contributed by atoms with E-state index in [9.17, 15) is 5.11 Å². The molecule has 0 aromatic rings. The molecule has 1 aliphatic carbocycles. The second-order valence-corrected chi connectivity index (χ2v) is 5.90. The molecule has 1 aliphatic rings. The van der Waals surface area contributed by atoms with Crippen molar-refractivity contribution >= 4 is 0 Å². The van der Waals surface area contributed by atoms with Gasteiger partial charge in [0, 0.05) is 12.5 Å². The summed E-state index contributed by atoms with van der Waals surface area (Å²) < 4.78 is 0. The molecule has 1 rings (SSSR count). The molecule has 2 nitrogen and oxygen atoms in total. The van der Waals surface area contributed by atoms with Gasteiger partial charge in [-0.1, -0.05) is 27.2 Å². The third kappa shape index (κ3) is 4.06. The first kappa shape index (κ1) is 14.0. The molecular formula is C14H29NO. The Balaban J connectivity index is 2.39. The van der Waals surface area contributed by atoms with Gasteiger partial charge in [0.1, 0.15) is 0 Å². The first-order valence-corrected chi connectivity index (χ1v) is 6.91. The van der Waals surface area contributed by atoms with Crippen LogP contribution in [0.25, 0.3) is 0 Å². The van der Waals surface area contributed by atoms with E-state index >= 15 is 0 Å². The maximum Gasteiger partial charge on any atom is 0.0585 e. The second-order valence-electron chi connectivity index (χ2n) is 5.90. The summed E-state index contributed by atoms with van der Waals surface area (Å²) in [5.41, 5.74) is 0. The fraction of sp³-hybridized carbons (Fsp3) is 1.00. The van der Waals surface area contributed by atoms with Gasteiger partial charge in [-0.3, -0.25) is 0 Å². The summed E-state index contributed by atoms with van der Waals surface area (Å²) in [5.74, 6) is 1.85. The van der Waals surface area contributed by atoms with E-state index < -0.39 is 0 Å². The topological polar surface area (TPSA) is 23.5 Å². The molecule has 96 valence electrons. The fourth-order valence-corrected chi connectivity index (χ4v) is 3.05. The highest BCUT2D eigenvalue weighted by atomic mass is 16.3. The Bertz CT molecular complexity index is 183. The normalized spacial score (nSPS) is 35.6. The van der Waals surface area contributed by atoms with Gasteiger partial charge < -0.3 is 10.0 Å². The standard InChI is InChI=1S/C14H29NO/c1-5-6-7-15(4)10-13-12(3)8-11(2)9-14(13)16/h11-14,16H,5-10H2,1-4H3. The van der Waals surface area contributed by atoms with Crippen molar-refractivity contribution in [2.75, 3.05) is 20.1 Å². The van der Waals surface area contributed by atoms with Crippen molar-refractivity contribution in [2.45, 2.75) is 52.6 Å². The maximum atomic E-state index is 10.2. The number of aliphatic hydroxyl groups is 1. The lowest BCUT2D eigenvalue weighted by atomic mass is 9.73. The van der Waals surface area contributed by atoms with Crippen molar-refractivity contribution in [3.63, 3.8) is 0 Å². The third-order valence-corrected chi connectivity index (χ3v) is 4.06. The number of rotatable bonds is 5. The molecule has 1 N–H and O–H groups in total. The molecule has 0 saturated heterocycles. The van der Waals surface area contributed by atoms with E-state index in [2.05, 4.69) is 32.7 Å². The average Bonchev–Trinajstić information content (AvgIpc) is 2.20. The Morgan fingerprint density at radius 1 is 1.25 bits per heavy atom. The number of hydrogen-bond acceptors (Lipinski definition) is 2. The van der Waals surface area contributed by atoms with E-state index in [-0.39, 0.29) is 6.10 Å². The molecule has 16 heavy (non-hydrogen) atoms. The SMILES string of the molecule is CCCCN(C)CC1C(C)CC(C)CC1O. The molecule has 4 unspecified atom stereocenters. The van der Waals surface area contributed by atoms with Gasteiger partial charge in [-0.15, -0.1) is 0 Å². The summed E-state index contributed by atoms with van der Waals surface area (Å²) >= 11 is 0. The minimum absolute atomic E-state index is 0.0807. The van der Waals surface area contributed by atoms with E-state index in [1.165, 1.54) is 25.8 Å². The Morgan fingerprint density at radius 2 is 1.94 bits per heavy atom. The zero-order valence-electron chi connectivity index (χ0n) is 11.4. The Hall–Kier alpha value is -0.0800. The Kier molecular flexibility index (Phi) is 5.77. The Labute approximate surface area is 101 Å². The van der Waals surface area contributed by atoms with Gasteiger partial charge in [0.25, 0.3) is 0 Å². The highest BCUT2D eigenvalue weighted by molar-refractivity contribution is 4.84. The summed E-state index contributed by atoms with van der Waals surface area (Å²) in [6.07, 6.45) is 4.72. The first-order valence-electron chi connectivity index (χ1n) is 6.91. The zero-order chi connectivity index (χ0) is 12.1. The lowest BCUT2D eigenvalue weighted by molar-refractivity contribution is 0.00151. The molecule has 1 fully saturated rings. The minimum atomic E-state index is -0.0807. The number of unbranched alkanes of at least 4 members (excludes halogenated alkanes) is 1. The minimum Gasteiger partial charge on any atom is -0.393 e. The molecule has 0 bridgehead atoms. The van der Waals surface area contributed by atoms with Crippen LogP contribution in [0.2, 0.25) is 0 Å². The molecule has 0 amide bonds. The highest BCUT2D eigenvalue weighted by Crippen LogP contribution is 2.34. The molecule has 0 spiro atoms. The van der Waals surface area contributed by atoms with Crippen LogP contribution in [0, 0.1) is 17.8 Å². The lowest BCUT2D eigenvalue weighted by Gasteiger charge is -2.39. The van der Waals surface area contributed by atoms with Crippen LogP contribution in [0.3, 0.4) is 0 Å². The van der Waals surface area contributed by atoms with E-state index in [4.69, 9.17) is 0 Å². The highest BCUT2D eigenvalue weighted by Gasteiger charge is 2.33. The van der Waals surface area contributed by atoms with Crippen molar-refractivity contribution in [3.8, 4) is 0 Å². The summed E-state index contributed by atoms with van der Waals surface area (Å²) in [4.78, 5) is 2.39. The van der Waals surface area contributed by atoms with Crippen LogP contribution in [0.1, 0.15) is 46.5 Å². The third-order valence-electron chi connectivity index (χ3n) is 4.06. The van der Waals surface area contributed by atoms with Crippen molar-refractivity contribution < 1.29 is 5.11 Å². The van der Waals surface area contributed by atoms with E-state index in [0.29, 0.717) is 17.8 Å². The lowest BCUT2D eigenvalue weighted by Crippen LogP contribution is -2.41. The van der Waals surface area contributed by atoms with Gasteiger partial charge in [0.15, 0.2) is 0 Å². The van der Waals surface area contributed by atoms with Crippen LogP contribution in [-0.2, 0) is 0 Å². The van der Waals surface area contributed by atoms with Crippen LogP contribution >= 0.6 is 0 Å². The van der Waals surface area contributed by atoms with Crippen molar-refractivity contribution in [1.82, 2.24) is 4.90 Å².